The molecule has 1 aliphatic rings. The molecule has 0 bridgehead atoms. The predicted molar refractivity (Wildman–Crippen MR) is 93.5 cm³/mol. The molecule has 1 aromatic carbocycles. The van der Waals surface area contributed by atoms with Crippen molar-refractivity contribution in [3.8, 4) is 0 Å². The van der Waals surface area contributed by atoms with Crippen LogP contribution in [0, 0.1) is 0 Å². The summed E-state index contributed by atoms with van der Waals surface area (Å²) in [6, 6.07) is 8.99. The Labute approximate surface area is 138 Å². The molecule has 0 spiro atoms. The van der Waals surface area contributed by atoms with Gasteiger partial charge in [0.05, 0.1) is 0 Å². The molecule has 1 saturated heterocycles. The Kier molecular flexibility index (Phi) is 8.81. The number of rotatable bonds is 6. The Balaban J connectivity index is 0.00000220. The van der Waals surface area contributed by atoms with Crippen LogP contribution in [0.3, 0.4) is 0 Å². The highest BCUT2D eigenvalue weighted by atomic mass is 35.5. The maximum atomic E-state index is 11.8. The summed E-state index contributed by atoms with van der Waals surface area (Å²) < 4.78 is 0. The third-order valence-electron chi connectivity index (χ3n) is 3.60. The van der Waals surface area contributed by atoms with E-state index in [1.165, 1.54) is 11.1 Å². The number of amides is 1. The zero-order chi connectivity index (χ0) is 14.2. The van der Waals surface area contributed by atoms with Gasteiger partial charge in [0.25, 0.3) is 0 Å². The van der Waals surface area contributed by atoms with Crippen molar-refractivity contribution >= 4 is 30.1 Å². The first-order valence-electron chi connectivity index (χ1n) is 7.43. The van der Waals surface area contributed by atoms with E-state index in [1.54, 1.807) is 0 Å². The van der Waals surface area contributed by atoms with Gasteiger partial charge in [-0.25, -0.2) is 0 Å². The van der Waals surface area contributed by atoms with Crippen LogP contribution in [-0.2, 0) is 17.6 Å². The smallest absolute Gasteiger partial charge is 0.221 e. The number of hydrogen-bond donors (Lipinski definition) is 2. The number of carbonyl (C=O) groups excluding carboxylic acids is 1. The van der Waals surface area contributed by atoms with E-state index in [0.29, 0.717) is 12.5 Å². The van der Waals surface area contributed by atoms with Crippen LogP contribution in [0.1, 0.15) is 24.5 Å². The zero-order valence-corrected chi connectivity index (χ0v) is 14.2. The van der Waals surface area contributed by atoms with E-state index < -0.39 is 0 Å². The van der Waals surface area contributed by atoms with Crippen LogP contribution in [0.5, 0.6) is 0 Å². The number of thioether (sulfide) groups is 1. The van der Waals surface area contributed by atoms with Gasteiger partial charge in [0.1, 0.15) is 0 Å². The van der Waals surface area contributed by atoms with Gasteiger partial charge < -0.3 is 10.6 Å². The van der Waals surface area contributed by atoms with Crippen LogP contribution in [0.25, 0.3) is 0 Å². The summed E-state index contributed by atoms with van der Waals surface area (Å²) in [5, 5.41) is 6.41. The highest BCUT2D eigenvalue weighted by Crippen LogP contribution is 2.10. The average molecular weight is 329 g/mol. The molecular formula is C16H25ClN2OS. The van der Waals surface area contributed by atoms with Gasteiger partial charge in [0.15, 0.2) is 0 Å². The third-order valence-corrected chi connectivity index (χ3v) is 4.73. The number of carbonyl (C=O) groups is 1. The standard InChI is InChI=1S/C16H24N2OS.ClH/c1-2-13-3-5-14(6-4-13)7-8-18-16(19)11-15-12-20-10-9-17-15;/h3-6,15,17H,2,7-12H2,1H3,(H,18,19);1H. The van der Waals surface area contributed by atoms with Crippen LogP contribution < -0.4 is 10.6 Å². The second-order valence-corrected chi connectivity index (χ2v) is 6.35. The summed E-state index contributed by atoms with van der Waals surface area (Å²) in [7, 11) is 0. The first kappa shape index (κ1) is 18.3. The maximum Gasteiger partial charge on any atom is 0.221 e. The summed E-state index contributed by atoms with van der Waals surface area (Å²) in [5.41, 5.74) is 2.65. The molecule has 1 fully saturated rings. The van der Waals surface area contributed by atoms with Gasteiger partial charge in [-0.1, -0.05) is 31.2 Å². The molecule has 0 aliphatic carbocycles. The molecule has 1 aromatic rings. The van der Waals surface area contributed by atoms with E-state index in [1.807, 2.05) is 11.8 Å². The van der Waals surface area contributed by atoms with Crippen molar-refractivity contribution in [2.24, 2.45) is 0 Å². The highest BCUT2D eigenvalue weighted by molar-refractivity contribution is 7.99. The second-order valence-electron chi connectivity index (χ2n) is 5.20. The fourth-order valence-electron chi connectivity index (χ4n) is 2.33. The molecule has 1 atom stereocenters. The molecule has 118 valence electrons. The fourth-order valence-corrected chi connectivity index (χ4v) is 3.28. The minimum absolute atomic E-state index is 0. The van der Waals surface area contributed by atoms with Crippen molar-refractivity contribution in [3.63, 3.8) is 0 Å². The summed E-state index contributed by atoms with van der Waals surface area (Å²) >= 11 is 1.93. The van der Waals surface area contributed by atoms with Crippen LogP contribution in [0.2, 0.25) is 0 Å². The molecule has 3 nitrogen and oxygen atoms in total. The average Bonchev–Trinajstić information content (AvgIpc) is 2.49. The van der Waals surface area contributed by atoms with Crippen LogP contribution >= 0.6 is 24.2 Å². The molecule has 0 saturated carbocycles. The van der Waals surface area contributed by atoms with Gasteiger partial charge in [0.2, 0.25) is 5.91 Å². The topological polar surface area (TPSA) is 41.1 Å². The van der Waals surface area contributed by atoms with Gasteiger partial charge in [0, 0.05) is 37.1 Å². The van der Waals surface area contributed by atoms with Crippen LogP contribution in [0.4, 0.5) is 0 Å². The molecule has 5 heteroatoms. The summed E-state index contributed by atoms with van der Waals surface area (Å²) in [6.07, 6.45) is 2.58. The van der Waals surface area contributed by atoms with E-state index in [2.05, 4.69) is 41.8 Å². The van der Waals surface area contributed by atoms with Gasteiger partial charge >= 0.3 is 0 Å². The van der Waals surface area contributed by atoms with Crippen molar-refractivity contribution < 1.29 is 4.79 Å². The molecular weight excluding hydrogens is 304 g/mol. The quantitative estimate of drug-likeness (QED) is 0.842. The Morgan fingerprint density at radius 2 is 2.05 bits per heavy atom. The van der Waals surface area contributed by atoms with Gasteiger partial charge in [-0.2, -0.15) is 11.8 Å². The van der Waals surface area contributed by atoms with E-state index in [0.717, 1.165) is 37.4 Å². The number of nitrogens with one attached hydrogen (secondary N) is 2. The Morgan fingerprint density at radius 1 is 1.33 bits per heavy atom. The first-order chi connectivity index (χ1) is 9.78. The number of halogens is 1. The Morgan fingerprint density at radius 3 is 2.67 bits per heavy atom. The molecule has 1 heterocycles. The molecule has 2 N–H and O–H groups in total. The lowest BCUT2D eigenvalue weighted by molar-refractivity contribution is -0.121. The number of benzene rings is 1. The van der Waals surface area contributed by atoms with Crippen molar-refractivity contribution in [2.75, 3.05) is 24.6 Å². The lowest BCUT2D eigenvalue weighted by Crippen LogP contribution is -2.41. The summed E-state index contributed by atoms with van der Waals surface area (Å²) in [4.78, 5) is 11.8. The van der Waals surface area contributed by atoms with Gasteiger partial charge in [-0.05, 0) is 24.0 Å². The zero-order valence-electron chi connectivity index (χ0n) is 12.6. The molecule has 0 aromatic heterocycles. The number of hydrogen-bond acceptors (Lipinski definition) is 3. The lowest BCUT2D eigenvalue weighted by Gasteiger charge is -2.22. The maximum absolute atomic E-state index is 11.8. The molecule has 1 unspecified atom stereocenters. The van der Waals surface area contributed by atoms with Crippen molar-refractivity contribution in [1.29, 1.82) is 0 Å². The largest absolute Gasteiger partial charge is 0.356 e. The van der Waals surface area contributed by atoms with Gasteiger partial charge in [-0.15, -0.1) is 12.4 Å². The van der Waals surface area contributed by atoms with Crippen LogP contribution in [-0.4, -0.2) is 36.5 Å². The molecule has 21 heavy (non-hydrogen) atoms. The fraction of sp³-hybridized carbons (Fsp3) is 0.562. The minimum Gasteiger partial charge on any atom is -0.356 e. The molecule has 0 radical (unpaired) electrons. The summed E-state index contributed by atoms with van der Waals surface area (Å²) in [5.74, 6) is 2.37. The van der Waals surface area contributed by atoms with Crippen LogP contribution in [0.15, 0.2) is 24.3 Å². The Bertz CT molecular complexity index is 419. The van der Waals surface area contributed by atoms with Crippen molar-refractivity contribution in [1.82, 2.24) is 10.6 Å². The number of aryl methyl sites for hydroxylation is 1. The predicted octanol–water partition coefficient (Wildman–Crippen LogP) is 2.42. The van der Waals surface area contributed by atoms with Crippen molar-refractivity contribution in [3.05, 3.63) is 35.4 Å². The van der Waals surface area contributed by atoms with E-state index in [4.69, 9.17) is 0 Å². The highest BCUT2D eigenvalue weighted by Gasteiger charge is 2.16. The monoisotopic (exact) mass is 328 g/mol. The van der Waals surface area contributed by atoms with E-state index in [-0.39, 0.29) is 18.3 Å². The van der Waals surface area contributed by atoms with E-state index >= 15 is 0 Å². The second kappa shape index (κ2) is 10.1. The normalized spacial score (nSPS) is 17.9. The SMILES string of the molecule is CCc1ccc(CCNC(=O)CC2CSCCN2)cc1.Cl. The van der Waals surface area contributed by atoms with Gasteiger partial charge in [-0.3, -0.25) is 4.79 Å². The molecule has 1 aliphatic heterocycles. The Hall–Kier alpha value is -0.710. The minimum atomic E-state index is 0. The lowest BCUT2D eigenvalue weighted by atomic mass is 10.1. The van der Waals surface area contributed by atoms with Crippen molar-refractivity contribution in [2.45, 2.75) is 32.2 Å². The first-order valence-corrected chi connectivity index (χ1v) is 8.59. The third kappa shape index (κ3) is 6.72. The van der Waals surface area contributed by atoms with E-state index in [9.17, 15) is 4.79 Å². The molecule has 2 rings (SSSR count). The molecule has 1 amide bonds. The summed E-state index contributed by atoms with van der Waals surface area (Å²) in [6.45, 7) is 3.91.